The minimum Gasteiger partial charge on any atom is -0.381 e. The van der Waals surface area contributed by atoms with Crippen LogP contribution in [-0.4, -0.2) is 296 Å². The van der Waals surface area contributed by atoms with Crippen LogP contribution in [0.3, 0.4) is 0 Å². The molecular formula is C78H125F3N12O15. The quantitative estimate of drug-likeness (QED) is 0.172. The van der Waals surface area contributed by atoms with Gasteiger partial charge in [-0.25, -0.2) is 0 Å². The number of nitrogens with zero attached hydrogens (tertiary/aromatic N) is 9. The number of halogens is 3. The summed E-state index contributed by atoms with van der Waals surface area (Å²) in [7, 11) is 12.9. The third-order valence-corrected chi connectivity index (χ3v) is 24.9. The summed E-state index contributed by atoms with van der Waals surface area (Å²) in [6, 6.07) is -11.3. The molecular weight excluding hydrogens is 1400 g/mol. The Balaban J connectivity index is 1.21. The van der Waals surface area contributed by atoms with Crippen LogP contribution in [0, 0.1) is 35.5 Å². The van der Waals surface area contributed by atoms with Gasteiger partial charge in [0.2, 0.25) is 70.9 Å². The van der Waals surface area contributed by atoms with E-state index in [-0.39, 0.29) is 127 Å². The van der Waals surface area contributed by atoms with E-state index in [9.17, 15) is 27.6 Å². The molecule has 27 nitrogen and oxygen atoms in total. The molecule has 0 aromatic rings. The van der Waals surface area contributed by atoms with Crippen molar-refractivity contribution in [1.29, 1.82) is 0 Å². The second-order valence-corrected chi connectivity index (χ2v) is 33.0. The van der Waals surface area contributed by atoms with Crippen molar-refractivity contribution in [2.24, 2.45) is 35.5 Å². The van der Waals surface area contributed by atoms with Gasteiger partial charge in [-0.3, -0.25) is 57.5 Å². The number of fused-ring (bicyclic) bond motifs is 4. The molecule has 0 radical (unpaired) electrons. The fourth-order valence-corrected chi connectivity index (χ4v) is 18.2. The monoisotopic (exact) mass is 1530 g/mol. The summed E-state index contributed by atoms with van der Waals surface area (Å²) >= 11 is 0. The van der Waals surface area contributed by atoms with E-state index in [0.29, 0.717) is 38.0 Å². The number of methoxy groups -OCH3 is 2. The van der Waals surface area contributed by atoms with Crippen molar-refractivity contribution in [3.05, 3.63) is 12.2 Å². The second kappa shape index (κ2) is 38.3. The zero-order valence-electron chi connectivity index (χ0n) is 66.5. The molecule has 3 unspecified atom stereocenters. The van der Waals surface area contributed by atoms with Gasteiger partial charge in [0.1, 0.15) is 59.9 Å². The van der Waals surface area contributed by atoms with Crippen molar-refractivity contribution in [3.63, 3.8) is 0 Å². The van der Waals surface area contributed by atoms with Crippen molar-refractivity contribution >= 4 is 70.9 Å². The van der Waals surface area contributed by atoms with Crippen molar-refractivity contribution in [1.82, 2.24) is 60.0 Å². The van der Waals surface area contributed by atoms with E-state index in [1.807, 2.05) is 26.8 Å². The van der Waals surface area contributed by atoms with E-state index in [0.717, 1.165) is 38.5 Å². The Bertz CT molecular complexity index is 3210. The highest BCUT2D eigenvalue weighted by molar-refractivity contribution is 6.01. The first-order valence-electron chi connectivity index (χ1n) is 39.8. The minimum absolute atomic E-state index is 0.0113. The van der Waals surface area contributed by atoms with Crippen molar-refractivity contribution in [3.8, 4) is 0 Å². The van der Waals surface area contributed by atoms with Crippen molar-refractivity contribution in [2.45, 2.75) is 280 Å². The van der Waals surface area contributed by atoms with Gasteiger partial charge in [0, 0.05) is 103 Å². The third kappa shape index (κ3) is 20.6. The largest absolute Gasteiger partial charge is 0.394 e. The summed E-state index contributed by atoms with van der Waals surface area (Å²) < 4.78 is 60.4. The van der Waals surface area contributed by atoms with Crippen LogP contribution >= 0.6 is 0 Å². The van der Waals surface area contributed by atoms with Gasteiger partial charge >= 0.3 is 6.18 Å². The van der Waals surface area contributed by atoms with Crippen LogP contribution in [0.15, 0.2) is 12.2 Å². The highest BCUT2D eigenvalue weighted by atomic mass is 19.4. The maximum absolute atomic E-state index is 15.7. The molecule has 1 spiro atoms. The zero-order chi connectivity index (χ0) is 79.4. The number of hydrogen-bond acceptors (Lipinski definition) is 15. The molecule has 7 fully saturated rings. The van der Waals surface area contributed by atoms with Crippen LogP contribution in [0.1, 0.15) is 195 Å². The van der Waals surface area contributed by atoms with E-state index in [1.54, 1.807) is 13.0 Å². The number of nitrogens with one attached hydrogen (secondary N) is 3. The average Bonchev–Trinajstić information content (AvgIpc) is 1.32. The Morgan fingerprint density at radius 1 is 0.639 bits per heavy atom. The van der Waals surface area contributed by atoms with E-state index in [2.05, 4.69) is 22.9 Å². The Morgan fingerprint density at radius 2 is 1.28 bits per heavy atom. The molecule has 608 valence electrons. The first kappa shape index (κ1) is 86.6. The molecule has 2 bridgehead atoms. The highest BCUT2D eigenvalue weighted by Crippen LogP contribution is 2.44. The van der Waals surface area contributed by atoms with Crippen LogP contribution in [-0.2, 0) is 71.7 Å². The summed E-state index contributed by atoms with van der Waals surface area (Å²) in [6.07, 6.45) is 3.83. The Kier molecular flexibility index (Phi) is 30.7. The molecule has 8 aliphatic rings. The average molecular weight is 1530 g/mol. The van der Waals surface area contributed by atoms with Gasteiger partial charge in [-0.1, -0.05) is 84.8 Å². The lowest BCUT2D eigenvalue weighted by molar-refractivity contribution is -0.215. The van der Waals surface area contributed by atoms with Crippen molar-refractivity contribution in [2.75, 3.05) is 96.3 Å². The fourth-order valence-electron chi connectivity index (χ4n) is 18.2. The predicted molar refractivity (Wildman–Crippen MR) is 395 cm³/mol. The summed E-state index contributed by atoms with van der Waals surface area (Å²) in [5, 5.41) is 8.89. The summed E-state index contributed by atoms with van der Waals surface area (Å²) in [4.78, 5) is 196. The molecule has 14 atom stereocenters. The predicted octanol–water partition coefficient (Wildman–Crippen LogP) is 5.45. The van der Waals surface area contributed by atoms with Crippen LogP contribution < -0.4 is 16.0 Å². The maximum atomic E-state index is 15.7. The third-order valence-electron chi connectivity index (χ3n) is 24.9. The molecule has 8 rings (SSSR count). The van der Waals surface area contributed by atoms with E-state index in [1.165, 1.54) is 108 Å². The lowest BCUT2D eigenvalue weighted by Crippen LogP contribution is -2.68. The van der Waals surface area contributed by atoms with Gasteiger partial charge in [0.05, 0.1) is 37.2 Å². The zero-order valence-corrected chi connectivity index (χ0v) is 66.5. The number of rotatable bonds is 15. The Labute approximate surface area is 636 Å². The van der Waals surface area contributed by atoms with Gasteiger partial charge in [0.25, 0.3) is 0 Å². The van der Waals surface area contributed by atoms with Gasteiger partial charge < -0.3 is 74.3 Å². The number of carbonyl (C=O) groups excluding carboxylic acids is 12. The van der Waals surface area contributed by atoms with Crippen LogP contribution in [0.2, 0.25) is 0 Å². The van der Waals surface area contributed by atoms with E-state index in [4.69, 9.17) is 14.2 Å². The summed E-state index contributed by atoms with van der Waals surface area (Å²) in [5.41, 5.74) is -1.59. The van der Waals surface area contributed by atoms with Gasteiger partial charge in [-0.05, 0) is 133 Å². The van der Waals surface area contributed by atoms with E-state index >= 15 is 43.2 Å². The smallest absolute Gasteiger partial charge is 0.381 e. The van der Waals surface area contributed by atoms with Crippen LogP contribution in [0.5, 0.6) is 0 Å². The first-order valence-corrected chi connectivity index (χ1v) is 39.8. The number of likely N-dealkylation sites (N-methyl/N-ethyl adjacent to an activating group) is 6. The molecule has 4 saturated carbocycles. The van der Waals surface area contributed by atoms with Gasteiger partial charge in [-0.15, -0.1) is 0 Å². The molecule has 4 aliphatic carbocycles. The number of ether oxygens (including phenoxy) is 3. The fraction of sp³-hybridized carbons (Fsp3) is 0.821. The SMILES string of the molecule is CCC[C@H]1C(=O)N[C@@H](CC(C)C)C(=O)N2C[C@@H](OC)C[C@H]2C(=O)N(C)[C@H]2C/C=C\CCN(C2=O)[C@@H](CC2CCC(C)CC2)C(=O)N(C)CC(=O)N[C@@H](CCC2CCC(C(F)(F)F)C(OC)C2)C(=O)N2C[C@H](OCC)C[C@H]2C(=O)NC2(CCC2)C(=O)N(C)[C@@H](C2CCCC2)C(=O)N(C)[C@H](C(=O)N(C)C)CC(=O)N1C. The lowest BCUT2D eigenvalue weighted by Gasteiger charge is -2.46. The highest BCUT2D eigenvalue weighted by Gasteiger charge is 2.55. The summed E-state index contributed by atoms with van der Waals surface area (Å²) in [5.74, 6) is -10.0. The minimum atomic E-state index is -4.52. The molecule has 30 heteroatoms. The molecule has 3 N–H and O–H groups in total. The molecule has 4 heterocycles. The van der Waals surface area contributed by atoms with Crippen LogP contribution in [0.4, 0.5) is 13.2 Å². The Hall–Kier alpha value is -6.95. The normalized spacial score (nSPS) is 32.7. The number of carbonyl (C=O) groups is 12. The second-order valence-electron chi connectivity index (χ2n) is 33.0. The topological polar surface area (TPSA) is 298 Å². The molecule has 4 aliphatic heterocycles. The summed E-state index contributed by atoms with van der Waals surface area (Å²) in [6.45, 7) is 8.93. The number of alkyl halides is 3. The molecule has 108 heavy (non-hydrogen) atoms. The number of hydrogen-bond donors (Lipinski definition) is 3. The molecule has 3 saturated heterocycles. The standard InChI is InChI=1S/C78H125F3N12O15/c1-15-23-57-67(96)83-56(38-47(3)4)70(99)93-44-52(106-13)41-62(93)73(102)88(10)58-26-18-17-21-37-91(74(58)103)61(39-49-29-27-48(5)28-30-49)72(101)86(8)46-64(94)82-55(34-32-50-31-33-54(78(79,80)81)63(40-50)107-14)69(98)92-45-53(108-16-2)42-59(92)68(97)84-77(35-22-36-77)76(105)90(12)66(51-24-19-20-25-51)75(104)89(11)60(71(100)85(6)7)43-65(95)87(57)9/h17-18,47-63,66H,15-16,19-46H2,1-14H3,(H,82,94)(H,83,96)(H,84,97)/b18-17-/t48?,49?,50?,52-,53+,54?,55-,56-,57-,58-,59-,60-,61-,62-,63?,66-/m0/s1. The lowest BCUT2D eigenvalue weighted by atomic mass is 9.74. The van der Waals surface area contributed by atoms with Crippen LogP contribution in [0.25, 0.3) is 0 Å². The number of amides is 12. The maximum Gasteiger partial charge on any atom is 0.394 e. The van der Waals surface area contributed by atoms with Crippen molar-refractivity contribution < 1.29 is 84.9 Å². The van der Waals surface area contributed by atoms with Gasteiger partial charge in [0.15, 0.2) is 0 Å². The van der Waals surface area contributed by atoms with E-state index < -0.39 is 180 Å². The molecule has 0 aromatic carbocycles. The van der Waals surface area contributed by atoms with Gasteiger partial charge in [-0.2, -0.15) is 13.2 Å². The Morgan fingerprint density at radius 3 is 1.88 bits per heavy atom. The first-order chi connectivity index (χ1) is 51.1. The molecule has 0 aromatic heterocycles. The molecule has 12 amide bonds.